The van der Waals surface area contributed by atoms with E-state index in [0.29, 0.717) is 38.7 Å². The van der Waals surface area contributed by atoms with Gasteiger partial charge in [-0.2, -0.15) is 13.2 Å². The summed E-state index contributed by atoms with van der Waals surface area (Å²) in [6.07, 6.45) is -2.15. The molecule has 0 saturated carbocycles. The maximum absolute atomic E-state index is 12.8. The SMILES string of the molecule is CN(C)C(=O)CN=C(NCC1CCCO1)N1CCN(c2ccc(C(F)(F)F)cc2)CC1.I. The highest BCUT2D eigenvalue weighted by molar-refractivity contribution is 14.0. The molecule has 11 heteroatoms. The second-order valence-electron chi connectivity index (χ2n) is 7.96. The molecule has 0 radical (unpaired) electrons. The number of nitrogens with one attached hydrogen (secondary N) is 1. The zero-order chi connectivity index (χ0) is 22.4. The van der Waals surface area contributed by atoms with E-state index < -0.39 is 11.7 Å². The Kier molecular flexibility index (Phi) is 9.86. The standard InChI is InChI=1S/C21H30F3N5O2.HI/c1-27(2)19(30)15-26-20(25-14-18-4-3-13-31-18)29-11-9-28(10-12-29)17-7-5-16(6-8-17)21(22,23)24;/h5-8,18H,3-4,9-15H2,1-2H3,(H,25,26);1H. The smallest absolute Gasteiger partial charge is 0.376 e. The highest BCUT2D eigenvalue weighted by atomic mass is 127. The van der Waals surface area contributed by atoms with Crippen LogP contribution in [0, 0.1) is 0 Å². The van der Waals surface area contributed by atoms with Crippen LogP contribution in [0.25, 0.3) is 0 Å². The van der Waals surface area contributed by atoms with Crippen molar-refractivity contribution >= 4 is 41.5 Å². The number of alkyl halides is 3. The first-order valence-electron chi connectivity index (χ1n) is 10.5. The summed E-state index contributed by atoms with van der Waals surface area (Å²) in [6, 6.07) is 5.26. The van der Waals surface area contributed by atoms with Crippen molar-refractivity contribution in [3.8, 4) is 0 Å². The molecule has 7 nitrogen and oxygen atoms in total. The Balaban J connectivity index is 0.00000363. The number of benzene rings is 1. The first kappa shape index (κ1) is 26.5. The summed E-state index contributed by atoms with van der Waals surface area (Å²) in [7, 11) is 3.39. The molecule has 1 aromatic carbocycles. The van der Waals surface area contributed by atoms with Gasteiger partial charge in [-0.15, -0.1) is 24.0 Å². The van der Waals surface area contributed by atoms with Gasteiger partial charge >= 0.3 is 6.18 Å². The number of rotatable bonds is 5. The molecule has 2 saturated heterocycles. The summed E-state index contributed by atoms with van der Waals surface area (Å²) in [5.41, 5.74) is 0.120. The van der Waals surface area contributed by atoms with Crippen molar-refractivity contribution in [2.75, 3.05) is 64.9 Å². The highest BCUT2D eigenvalue weighted by Gasteiger charge is 2.30. The lowest BCUT2D eigenvalue weighted by Gasteiger charge is -2.38. The molecule has 180 valence electrons. The molecule has 0 bridgehead atoms. The number of ether oxygens (including phenoxy) is 1. The van der Waals surface area contributed by atoms with E-state index in [0.717, 1.165) is 37.3 Å². The van der Waals surface area contributed by atoms with Gasteiger partial charge in [0.1, 0.15) is 6.54 Å². The molecule has 32 heavy (non-hydrogen) atoms. The Hall–Kier alpha value is -1.76. The minimum atomic E-state index is -4.33. The van der Waals surface area contributed by atoms with E-state index in [9.17, 15) is 18.0 Å². The van der Waals surface area contributed by atoms with Crippen molar-refractivity contribution in [3.05, 3.63) is 29.8 Å². The Morgan fingerprint density at radius 3 is 2.38 bits per heavy atom. The first-order valence-corrected chi connectivity index (χ1v) is 10.5. The Labute approximate surface area is 204 Å². The summed E-state index contributed by atoms with van der Waals surface area (Å²) in [4.78, 5) is 22.1. The minimum absolute atomic E-state index is 0. The number of carbonyl (C=O) groups is 1. The number of guanidine groups is 1. The molecule has 0 aromatic heterocycles. The van der Waals surface area contributed by atoms with Crippen LogP contribution in [0.2, 0.25) is 0 Å². The van der Waals surface area contributed by atoms with E-state index in [1.807, 2.05) is 0 Å². The molecule has 2 aliphatic heterocycles. The van der Waals surface area contributed by atoms with Gasteiger partial charge in [0.2, 0.25) is 5.91 Å². The third kappa shape index (κ3) is 7.39. The maximum atomic E-state index is 12.8. The molecular weight excluding hydrogens is 538 g/mol. The molecule has 1 amide bonds. The highest BCUT2D eigenvalue weighted by Crippen LogP contribution is 2.30. The number of aliphatic imine (C=N–C) groups is 1. The van der Waals surface area contributed by atoms with Crippen molar-refractivity contribution in [2.45, 2.75) is 25.1 Å². The van der Waals surface area contributed by atoms with Crippen LogP contribution in [-0.2, 0) is 15.7 Å². The van der Waals surface area contributed by atoms with Gasteiger partial charge in [-0.05, 0) is 37.1 Å². The average molecular weight is 569 g/mol. The number of anilines is 1. The van der Waals surface area contributed by atoms with Crippen LogP contribution in [0.15, 0.2) is 29.3 Å². The largest absolute Gasteiger partial charge is 0.416 e. The minimum Gasteiger partial charge on any atom is -0.376 e. The number of hydrogen-bond donors (Lipinski definition) is 1. The zero-order valence-electron chi connectivity index (χ0n) is 18.4. The van der Waals surface area contributed by atoms with Crippen LogP contribution in [0.4, 0.5) is 18.9 Å². The number of hydrogen-bond acceptors (Lipinski definition) is 4. The number of halogens is 4. The maximum Gasteiger partial charge on any atom is 0.416 e. The quantitative estimate of drug-likeness (QED) is 0.336. The summed E-state index contributed by atoms with van der Waals surface area (Å²) in [6.45, 7) is 4.04. The molecule has 3 rings (SSSR count). The molecule has 0 aliphatic carbocycles. The van der Waals surface area contributed by atoms with Crippen LogP contribution in [0.5, 0.6) is 0 Å². The van der Waals surface area contributed by atoms with E-state index in [2.05, 4.69) is 20.1 Å². The third-order valence-corrected chi connectivity index (χ3v) is 5.51. The monoisotopic (exact) mass is 569 g/mol. The first-order chi connectivity index (χ1) is 14.7. The second-order valence-corrected chi connectivity index (χ2v) is 7.96. The van der Waals surface area contributed by atoms with Gasteiger partial charge in [0, 0.05) is 59.1 Å². The van der Waals surface area contributed by atoms with Crippen molar-refractivity contribution in [1.29, 1.82) is 0 Å². The number of carbonyl (C=O) groups excluding carboxylic acids is 1. The number of amides is 1. The van der Waals surface area contributed by atoms with Gasteiger partial charge in [0.15, 0.2) is 5.96 Å². The van der Waals surface area contributed by atoms with Crippen LogP contribution in [-0.4, -0.2) is 87.7 Å². The number of nitrogens with zero attached hydrogens (tertiary/aromatic N) is 4. The van der Waals surface area contributed by atoms with Gasteiger partial charge in [-0.3, -0.25) is 4.79 Å². The summed E-state index contributed by atoms with van der Waals surface area (Å²) in [5, 5.41) is 3.34. The van der Waals surface area contributed by atoms with E-state index in [1.54, 1.807) is 14.1 Å². The fraction of sp³-hybridized carbons (Fsp3) is 0.619. The summed E-state index contributed by atoms with van der Waals surface area (Å²) in [5.74, 6) is 0.581. The van der Waals surface area contributed by atoms with Crippen LogP contribution in [0.1, 0.15) is 18.4 Å². The lowest BCUT2D eigenvalue weighted by atomic mass is 10.1. The van der Waals surface area contributed by atoms with Crippen LogP contribution < -0.4 is 10.2 Å². The number of piperazine rings is 1. The van der Waals surface area contributed by atoms with Gasteiger partial charge in [-0.25, -0.2) is 4.99 Å². The van der Waals surface area contributed by atoms with Crippen molar-refractivity contribution in [2.24, 2.45) is 4.99 Å². The van der Waals surface area contributed by atoms with E-state index in [1.165, 1.54) is 17.0 Å². The van der Waals surface area contributed by atoms with E-state index >= 15 is 0 Å². The lowest BCUT2D eigenvalue weighted by molar-refractivity contribution is -0.137. The molecule has 0 spiro atoms. The molecule has 1 unspecified atom stereocenters. The normalized spacial score (nSPS) is 19.5. The molecule has 2 heterocycles. The Morgan fingerprint density at radius 1 is 1.19 bits per heavy atom. The average Bonchev–Trinajstić information content (AvgIpc) is 3.27. The fourth-order valence-electron chi connectivity index (χ4n) is 3.60. The zero-order valence-corrected chi connectivity index (χ0v) is 20.7. The van der Waals surface area contributed by atoms with E-state index in [-0.39, 0.29) is 42.5 Å². The molecule has 2 aliphatic rings. The molecular formula is C21H31F3IN5O2. The van der Waals surface area contributed by atoms with Gasteiger partial charge in [-0.1, -0.05) is 0 Å². The van der Waals surface area contributed by atoms with Crippen molar-refractivity contribution in [3.63, 3.8) is 0 Å². The van der Waals surface area contributed by atoms with Crippen LogP contribution >= 0.6 is 24.0 Å². The number of likely N-dealkylation sites (N-methyl/N-ethyl adjacent to an activating group) is 1. The molecule has 1 aromatic rings. The molecule has 2 fully saturated rings. The third-order valence-electron chi connectivity index (χ3n) is 5.51. The predicted molar refractivity (Wildman–Crippen MR) is 129 cm³/mol. The Bertz CT molecular complexity index is 760. The second kappa shape index (κ2) is 11.9. The topological polar surface area (TPSA) is 60.4 Å². The summed E-state index contributed by atoms with van der Waals surface area (Å²) >= 11 is 0. The molecule has 1 N–H and O–H groups in total. The van der Waals surface area contributed by atoms with Gasteiger partial charge < -0.3 is 24.8 Å². The van der Waals surface area contributed by atoms with Crippen LogP contribution in [0.3, 0.4) is 0 Å². The Morgan fingerprint density at radius 2 is 1.84 bits per heavy atom. The lowest BCUT2D eigenvalue weighted by Crippen LogP contribution is -2.53. The predicted octanol–water partition coefficient (Wildman–Crippen LogP) is 2.66. The van der Waals surface area contributed by atoms with Gasteiger partial charge in [0.25, 0.3) is 0 Å². The summed E-state index contributed by atoms with van der Waals surface area (Å²) < 4.78 is 44.0. The molecule has 1 atom stereocenters. The van der Waals surface area contributed by atoms with Gasteiger partial charge in [0.05, 0.1) is 11.7 Å². The van der Waals surface area contributed by atoms with Crippen molar-refractivity contribution < 1.29 is 22.7 Å². The van der Waals surface area contributed by atoms with E-state index in [4.69, 9.17) is 4.74 Å². The van der Waals surface area contributed by atoms with Crippen molar-refractivity contribution in [1.82, 2.24) is 15.1 Å². The fourth-order valence-corrected chi connectivity index (χ4v) is 3.60.